The molecule has 7 nitrogen and oxygen atoms in total. The van der Waals surface area contributed by atoms with Gasteiger partial charge in [-0.15, -0.1) is 0 Å². The molecule has 2 aromatic carbocycles. The Morgan fingerprint density at radius 3 is 2.78 bits per heavy atom. The fourth-order valence-electron chi connectivity index (χ4n) is 5.18. The highest BCUT2D eigenvalue weighted by molar-refractivity contribution is 6.30. The van der Waals surface area contributed by atoms with E-state index < -0.39 is 5.41 Å². The molecule has 0 fully saturated rings. The van der Waals surface area contributed by atoms with Crippen LogP contribution in [0.15, 0.2) is 48.7 Å². The first-order valence-corrected chi connectivity index (χ1v) is 12.8. The van der Waals surface area contributed by atoms with E-state index in [4.69, 9.17) is 16.3 Å². The standard InChI is InChI=1S/C28H35ClN4O3/c1-5-36-17-26(34)31-18-28(2,23-14-30-24-9-7-6-8-22(23)24)27(35)33-16-19(15-32(3)4)12-20-13-21(29)10-11-25(20)33/h6-11,13-14,19,30H,5,12,15-18H2,1-4H3,(H,31,34)/t19-,28?/m1/s1. The summed E-state index contributed by atoms with van der Waals surface area (Å²) in [4.78, 5) is 34.4. The number of aromatic nitrogens is 1. The summed E-state index contributed by atoms with van der Waals surface area (Å²) in [5.41, 5.74) is 2.73. The van der Waals surface area contributed by atoms with Gasteiger partial charge in [0.05, 0.1) is 5.41 Å². The number of carbonyl (C=O) groups is 2. The van der Waals surface area contributed by atoms with E-state index >= 15 is 0 Å². The van der Waals surface area contributed by atoms with Crippen molar-refractivity contribution in [2.24, 2.45) is 5.92 Å². The van der Waals surface area contributed by atoms with Crippen molar-refractivity contribution in [3.05, 3.63) is 64.8 Å². The third-order valence-electron chi connectivity index (χ3n) is 6.88. The van der Waals surface area contributed by atoms with Gasteiger partial charge < -0.3 is 24.8 Å². The van der Waals surface area contributed by atoms with Gasteiger partial charge in [0.2, 0.25) is 11.8 Å². The van der Waals surface area contributed by atoms with E-state index in [1.807, 2.05) is 81.5 Å². The number of anilines is 1. The van der Waals surface area contributed by atoms with Crippen LogP contribution in [0.1, 0.15) is 25.0 Å². The Morgan fingerprint density at radius 2 is 2.03 bits per heavy atom. The molecule has 1 aliphatic rings. The molecule has 0 aliphatic carbocycles. The SMILES string of the molecule is CCOCC(=O)NCC(C)(C(=O)N1C[C@@H](CN(C)C)Cc2cc(Cl)ccc21)c1c[nH]c2ccccc12. The van der Waals surface area contributed by atoms with Gasteiger partial charge >= 0.3 is 0 Å². The average molecular weight is 511 g/mol. The summed E-state index contributed by atoms with van der Waals surface area (Å²) in [5, 5.41) is 4.58. The van der Waals surface area contributed by atoms with Gasteiger partial charge in [-0.25, -0.2) is 0 Å². The Labute approximate surface area is 217 Å². The van der Waals surface area contributed by atoms with Gasteiger partial charge in [0, 0.05) is 54.1 Å². The van der Waals surface area contributed by atoms with Crippen molar-refractivity contribution in [2.45, 2.75) is 25.7 Å². The molecule has 2 heterocycles. The number of nitrogens with zero attached hydrogens (tertiary/aromatic N) is 2. The Hall–Kier alpha value is -2.87. The molecule has 0 saturated heterocycles. The monoisotopic (exact) mass is 510 g/mol. The second-order valence-electron chi connectivity index (χ2n) is 10.0. The number of nitrogens with one attached hydrogen (secondary N) is 2. The minimum Gasteiger partial charge on any atom is -0.372 e. The summed E-state index contributed by atoms with van der Waals surface area (Å²) in [6.07, 6.45) is 2.74. The van der Waals surface area contributed by atoms with E-state index in [0.717, 1.165) is 40.7 Å². The minimum absolute atomic E-state index is 0.0371. The number of hydrogen-bond acceptors (Lipinski definition) is 4. The van der Waals surface area contributed by atoms with Crippen molar-refractivity contribution in [1.82, 2.24) is 15.2 Å². The molecule has 1 aromatic heterocycles. The topological polar surface area (TPSA) is 77.7 Å². The van der Waals surface area contributed by atoms with Crippen LogP contribution in [-0.2, 0) is 26.2 Å². The maximum Gasteiger partial charge on any atom is 0.246 e. The van der Waals surface area contributed by atoms with Crippen LogP contribution in [0.5, 0.6) is 0 Å². The number of aromatic amines is 1. The smallest absolute Gasteiger partial charge is 0.246 e. The highest BCUT2D eigenvalue weighted by Crippen LogP contribution is 2.38. The number of benzene rings is 2. The van der Waals surface area contributed by atoms with Crippen molar-refractivity contribution in [1.29, 1.82) is 0 Å². The lowest BCUT2D eigenvalue weighted by molar-refractivity contribution is -0.127. The lowest BCUT2D eigenvalue weighted by Gasteiger charge is -2.41. The zero-order valence-corrected chi connectivity index (χ0v) is 22.2. The summed E-state index contributed by atoms with van der Waals surface area (Å²) >= 11 is 6.34. The number of para-hydroxylation sites is 1. The second-order valence-corrected chi connectivity index (χ2v) is 10.5. The van der Waals surface area contributed by atoms with Crippen molar-refractivity contribution >= 4 is 40.0 Å². The van der Waals surface area contributed by atoms with E-state index in [0.29, 0.717) is 18.2 Å². The first-order chi connectivity index (χ1) is 17.2. The zero-order chi connectivity index (χ0) is 25.9. The van der Waals surface area contributed by atoms with E-state index in [-0.39, 0.29) is 30.9 Å². The van der Waals surface area contributed by atoms with E-state index in [1.165, 1.54) is 0 Å². The van der Waals surface area contributed by atoms with E-state index in [1.54, 1.807) is 0 Å². The summed E-state index contributed by atoms with van der Waals surface area (Å²) in [6, 6.07) is 13.7. The number of fused-ring (bicyclic) bond motifs is 2. The molecule has 36 heavy (non-hydrogen) atoms. The fourth-order valence-corrected chi connectivity index (χ4v) is 5.37. The lowest BCUT2D eigenvalue weighted by Crippen LogP contribution is -2.54. The van der Waals surface area contributed by atoms with Gasteiger partial charge in [0.1, 0.15) is 6.61 Å². The first-order valence-electron chi connectivity index (χ1n) is 12.4. The van der Waals surface area contributed by atoms with Crippen LogP contribution in [0, 0.1) is 5.92 Å². The highest BCUT2D eigenvalue weighted by Gasteiger charge is 2.43. The van der Waals surface area contributed by atoms with Gasteiger partial charge in [-0.2, -0.15) is 0 Å². The summed E-state index contributed by atoms with van der Waals surface area (Å²) in [6.45, 7) is 5.77. The normalized spacial score (nSPS) is 17.2. The summed E-state index contributed by atoms with van der Waals surface area (Å²) < 4.78 is 5.28. The van der Waals surface area contributed by atoms with Crippen LogP contribution in [0.25, 0.3) is 10.9 Å². The van der Waals surface area contributed by atoms with Crippen LogP contribution in [0.4, 0.5) is 5.69 Å². The predicted molar refractivity (Wildman–Crippen MR) is 145 cm³/mol. The number of H-pyrrole nitrogens is 1. The van der Waals surface area contributed by atoms with Crippen molar-refractivity contribution < 1.29 is 14.3 Å². The third kappa shape index (κ3) is 5.43. The zero-order valence-electron chi connectivity index (χ0n) is 21.4. The number of halogens is 1. The van der Waals surface area contributed by atoms with Gasteiger partial charge in [-0.3, -0.25) is 9.59 Å². The molecule has 8 heteroatoms. The minimum atomic E-state index is -1.02. The molecule has 0 radical (unpaired) electrons. The van der Waals surface area contributed by atoms with Crippen LogP contribution >= 0.6 is 11.6 Å². The van der Waals surface area contributed by atoms with Crippen LogP contribution < -0.4 is 10.2 Å². The number of hydrogen-bond donors (Lipinski definition) is 2. The summed E-state index contributed by atoms with van der Waals surface area (Å²) in [5.74, 6) is -0.0438. The molecule has 0 saturated carbocycles. The molecule has 1 unspecified atom stereocenters. The number of ether oxygens (including phenoxy) is 1. The van der Waals surface area contributed by atoms with E-state index in [2.05, 4.69) is 15.2 Å². The Balaban J connectivity index is 1.75. The lowest BCUT2D eigenvalue weighted by atomic mass is 9.79. The Bertz CT molecular complexity index is 1240. The molecular weight excluding hydrogens is 476 g/mol. The Kier molecular flexibility index (Phi) is 8.03. The van der Waals surface area contributed by atoms with Gasteiger partial charge in [0.15, 0.2) is 0 Å². The maximum absolute atomic E-state index is 14.6. The summed E-state index contributed by atoms with van der Waals surface area (Å²) in [7, 11) is 4.09. The molecule has 2 atom stereocenters. The van der Waals surface area contributed by atoms with Gasteiger partial charge in [0.25, 0.3) is 0 Å². The van der Waals surface area contributed by atoms with Crippen LogP contribution in [0.3, 0.4) is 0 Å². The number of amides is 2. The molecule has 3 aromatic rings. The molecule has 2 amide bonds. The largest absolute Gasteiger partial charge is 0.372 e. The molecular formula is C28H35ClN4O3. The Morgan fingerprint density at radius 1 is 1.25 bits per heavy atom. The average Bonchev–Trinajstić information content (AvgIpc) is 3.29. The van der Waals surface area contributed by atoms with Crippen molar-refractivity contribution in [3.63, 3.8) is 0 Å². The quantitative estimate of drug-likeness (QED) is 0.456. The predicted octanol–water partition coefficient (Wildman–Crippen LogP) is 4.00. The van der Waals surface area contributed by atoms with Crippen molar-refractivity contribution in [3.8, 4) is 0 Å². The molecule has 4 rings (SSSR count). The number of rotatable bonds is 9. The van der Waals surface area contributed by atoms with Crippen LogP contribution in [0.2, 0.25) is 5.02 Å². The molecule has 2 N–H and O–H groups in total. The van der Waals surface area contributed by atoms with Gasteiger partial charge in [-0.05, 0) is 75.7 Å². The van der Waals surface area contributed by atoms with Crippen molar-refractivity contribution in [2.75, 3.05) is 51.8 Å². The highest BCUT2D eigenvalue weighted by atomic mass is 35.5. The first kappa shape index (κ1) is 26.2. The third-order valence-corrected chi connectivity index (χ3v) is 7.12. The fraction of sp³-hybridized carbons (Fsp3) is 0.429. The number of carbonyl (C=O) groups excluding carboxylic acids is 2. The molecule has 0 spiro atoms. The molecule has 0 bridgehead atoms. The van der Waals surface area contributed by atoms with Crippen LogP contribution in [-0.4, -0.2) is 68.6 Å². The second kappa shape index (κ2) is 11.0. The molecule has 192 valence electrons. The van der Waals surface area contributed by atoms with E-state index in [9.17, 15) is 9.59 Å². The van der Waals surface area contributed by atoms with Gasteiger partial charge in [-0.1, -0.05) is 29.8 Å². The maximum atomic E-state index is 14.6. The molecule has 1 aliphatic heterocycles.